The number of hydrogen-bond acceptors (Lipinski definition) is 2. The van der Waals surface area contributed by atoms with Crippen molar-refractivity contribution in [2.45, 2.75) is 13.3 Å². The molecule has 0 unspecified atom stereocenters. The molecule has 0 aliphatic carbocycles. The van der Waals surface area contributed by atoms with Crippen molar-refractivity contribution < 1.29 is 4.74 Å². The van der Waals surface area contributed by atoms with Gasteiger partial charge in [0.25, 0.3) is 0 Å². The first-order chi connectivity index (χ1) is 5.31. The smallest absolute Gasteiger partial charge is 0.0644 e. The lowest BCUT2D eigenvalue weighted by atomic mass is 10.4. The molecule has 0 spiro atoms. The minimum Gasteiger partial charge on any atom is -0.377 e. The molecule has 0 radical (unpaired) electrons. The molecule has 66 valence electrons. The van der Waals surface area contributed by atoms with Crippen molar-refractivity contribution in [1.82, 2.24) is 4.90 Å². The van der Waals surface area contributed by atoms with Gasteiger partial charge >= 0.3 is 0 Å². The van der Waals surface area contributed by atoms with Gasteiger partial charge in [-0.25, -0.2) is 0 Å². The highest BCUT2D eigenvalue weighted by molar-refractivity contribution is 4.63. The fourth-order valence-corrected chi connectivity index (χ4v) is 0.761. The van der Waals surface area contributed by atoms with Crippen molar-refractivity contribution in [1.29, 1.82) is 0 Å². The zero-order valence-electron chi connectivity index (χ0n) is 7.68. The van der Waals surface area contributed by atoms with Gasteiger partial charge < -0.3 is 9.64 Å². The van der Waals surface area contributed by atoms with E-state index in [9.17, 15) is 0 Å². The van der Waals surface area contributed by atoms with Gasteiger partial charge in [0.2, 0.25) is 0 Å². The van der Waals surface area contributed by atoms with E-state index in [-0.39, 0.29) is 0 Å². The Hall–Kier alpha value is -0.340. The van der Waals surface area contributed by atoms with Crippen LogP contribution in [0.1, 0.15) is 13.3 Å². The van der Waals surface area contributed by atoms with E-state index in [1.807, 2.05) is 0 Å². The molecule has 0 atom stereocenters. The third-order valence-electron chi connectivity index (χ3n) is 1.60. The monoisotopic (exact) mass is 157 g/mol. The molecule has 0 N–H and O–H groups in total. The lowest BCUT2D eigenvalue weighted by Crippen LogP contribution is -2.19. The Labute approximate surface area is 69.8 Å². The van der Waals surface area contributed by atoms with E-state index in [0.717, 1.165) is 26.1 Å². The zero-order chi connectivity index (χ0) is 8.53. The van der Waals surface area contributed by atoms with Crippen LogP contribution < -0.4 is 0 Å². The van der Waals surface area contributed by atoms with Crippen molar-refractivity contribution in [3.05, 3.63) is 12.7 Å². The molecule has 0 heterocycles. The normalized spacial score (nSPS) is 10.5. The van der Waals surface area contributed by atoms with Crippen molar-refractivity contribution in [2.75, 3.05) is 33.4 Å². The van der Waals surface area contributed by atoms with Crippen LogP contribution in [0, 0.1) is 0 Å². The molecule has 0 rings (SSSR count). The van der Waals surface area contributed by atoms with Crippen molar-refractivity contribution in [3.8, 4) is 0 Å². The summed E-state index contributed by atoms with van der Waals surface area (Å²) in [6.07, 6.45) is 2.89. The summed E-state index contributed by atoms with van der Waals surface area (Å²) in [7, 11) is 2.12. The molecule has 2 nitrogen and oxygen atoms in total. The molecule has 0 aromatic carbocycles. The quantitative estimate of drug-likeness (QED) is 0.410. The van der Waals surface area contributed by atoms with Gasteiger partial charge in [0.15, 0.2) is 0 Å². The maximum atomic E-state index is 5.23. The summed E-state index contributed by atoms with van der Waals surface area (Å²) >= 11 is 0. The van der Waals surface area contributed by atoms with Crippen molar-refractivity contribution >= 4 is 0 Å². The number of hydrogen-bond donors (Lipinski definition) is 0. The second-order valence-electron chi connectivity index (χ2n) is 2.61. The van der Waals surface area contributed by atoms with Crippen LogP contribution in [0.25, 0.3) is 0 Å². The van der Waals surface area contributed by atoms with Crippen LogP contribution in [-0.4, -0.2) is 38.3 Å². The lowest BCUT2D eigenvalue weighted by Gasteiger charge is -2.12. The second-order valence-corrected chi connectivity index (χ2v) is 2.61. The summed E-state index contributed by atoms with van der Waals surface area (Å²) in [6.45, 7) is 9.48. The Morgan fingerprint density at radius 3 is 2.82 bits per heavy atom. The van der Waals surface area contributed by atoms with E-state index in [2.05, 4.69) is 25.5 Å². The van der Waals surface area contributed by atoms with E-state index >= 15 is 0 Å². The van der Waals surface area contributed by atoms with Gasteiger partial charge in [-0.15, -0.1) is 6.58 Å². The van der Waals surface area contributed by atoms with Crippen molar-refractivity contribution in [2.24, 2.45) is 0 Å². The standard InChI is InChI=1S/C9H19NO/c1-4-8-11-9-6-7-10(3)5-2/h4H,1,5-9H2,2-3H3. The fraction of sp³-hybridized carbons (Fsp3) is 0.778. The highest BCUT2D eigenvalue weighted by atomic mass is 16.5. The summed E-state index contributed by atoms with van der Waals surface area (Å²) in [5, 5.41) is 0. The number of nitrogens with zero attached hydrogens (tertiary/aromatic N) is 1. The molecule has 0 aliphatic heterocycles. The van der Waals surface area contributed by atoms with Gasteiger partial charge in [0, 0.05) is 13.2 Å². The molecule has 0 saturated carbocycles. The highest BCUT2D eigenvalue weighted by Gasteiger charge is 1.92. The van der Waals surface area contributed by atoms with Gasteiger partial charge in [-0.1, -0.05) is 13.0 Å². The van der Waals surface area contributed by atoms with Crippen LogP contribution in [0.2, 0.25) is 0 Å². The van der Waals surface area contributed by atoms with E-state index in [0.29, 0.717) is 6.61 Å². The third-order valence-corrected chi connectivity index (χ3v) is 1.60. The van der Waals surface area contributed by atoms with Crippen LogP contribution in [0.15, 0.2) is 12.7 Å². The molecule has 0 aromatic heterocycles. The average Bonchev–Trinajstić information content (AvgIpc) is 2.04. The average molecular weight is 157 g/mol. The van der Waals surface area contributed by atoms with E-state index in [1.165, 1.54) is 0 Å². The van der Waals surface area contributed by atoms with Gasteiger partial charge in [0.1, 0.15) is 0 Å². The minimum atomic E-state index is 0.676. The molecule has 0 saturated heterocycles. The summed E-state index contributed by atoms with van der Waals surface area (Å²) in [5.41, 5.74) is 0. The first-order valence-corrected chi connectivity index (χ1v) is 4.18. The molecular formula is C9H19NO. The fourth-order valence-electron chi connectivity index (χ4n) is 0.761. The third kappa shape index (κ3) is 7.56. The maximum Gasteiger partial charge on any atom is 0.0644 e. The predicted molar refractivity (Wildman–Crippen MR) is 48.8 cm³/mol. The van der Waals surface area contributed by atoms with Gasteiger partial charge in [-0.2, -0.15) is 0 Å². The summed E-state index contributed by atoms with van der Waals surface area (Å²) in [6, 6.07) is 0. The molecule has 0 aromatic rings. The number of rotatable bonds is 7. The molecule has 0 bridgehead atoms. The van der Waals surface area contributed by atoms with Crippen molar-refractivity contribution in [3.63, 3.8) is 0 Å². The predicted octanol–water partition coefficient (Wildman–Crippen LogP) is 1.53. The van der Waals surface area contributed by atoms with Crippen LogP contribution in [-0.2, 0) is 4.74 Å². The minimum absolute atomic E-state index is 0.676. The van der Waals surface area contributed by atoms with Crippen LogP contribution in [0.3, 0.4) is 0 Å². The molecule has 0 fully saturated rings. The highest BCUT2D eigenvalue weighted by Crippen LogP contribution is 1.87. The molecule has 0 amide bonds. The Balaban J connectivity index is 2.95. The second kappa shape index (κ2) is 7.76. The number of ether oxygens (including phenoxy) is 1. The molecule has 2 heteroatoms. The molecule has 0 aliphatic rings. The Morgan fingerprint density at radius 2 is 2.27 bits per heavy atom. The largest absolute Gasteiger partial charge is 0.377 e. The summed E-state index contributed by atoms with van der Waals surface area (Å²) < 4.78 is 5.23. The van der Waals surface area contributed by atoms with Gasteiger partial charge in [-0.3, -0.25) is 0 Å². The summed E-state index contributed by atoms with van der Waals surface area (Å²) in [4.78, 5) is 2.28. The Morgan fingerprint density at radius 1 is 1.55 bits per heavy atom. The SMILES string of the molecule is C=CCOCCCN(C)CC. The van der Waals surface area contributed by atoms with Gasteiger partial charge in [-0.05, 0) is 20.0 Å². The van der Waals surface area contributed by atoms with E-state index < -0.39 is 0 Å². The zero-order valence-corrected chi connectivity index (χ0v) is 7.68. The molecular weight excluding hydrogens is 138 g/mol. The first kappa shape index (κ1) is 10.7. The van der Waals surface area contributed by atoms with E-state index in [1.54, 1.807) is 6.08 Å². The van der Waals surface area contributed by atoms with Crippen LogP contribution in [0.5, 0.6) is 0 Å². The van der Waals surface area contributed by atoms with Crippen LogP contribution in [0.4, 0.5) is 0 Å². The van der Waals surface area contributed by atoms with E-state index in [4.69, 9.17) is 4.74 Å². The first-order valence-electron chi connectivity index (χ1n) is 4.18. The molecule has 11 heavy (non-hydrogen) atoms. The van der Waals surface area contributed by atoms with Gasteiger partial charge in [0.05, 0.1) is 6.61 Å². The maximum absolute atomic E-state index is 5.23. The Bertz CT molecular complexity index is 93.6. The Kier molecular flexibility index (Phi) is 7.52. The summed E-state index contributed by atoms with van der Waals surface area (Å²) in [5.74, 6) is 0. The topological polar surface area (TPSA) is 12.5 Å². The lowest BCUT2D eigenvalue weighted by molar-refractivity contribution is 0.149. The van der Waals surface area contributed by atoms with Crippen LogP contribution >= 0.6 is 0 Å².